The number of hydrogen-bond acceptors (Lipinski definition) is 4. The number of rotatable bonds is 3. The zero-order valence-corrected chi connectivity index (χ0v) is 16.1. The second-order valence-corrected chi connectivity index (χ2v) is 7.03. The van der Waals surface area contributed by atoms with Gasteiger partial charge in [-0.25, -0.2) is 0 Å². The topological polar surface area (TPSA) is 45.9 Å². The molecule has 4 rings (SSSR count). The van der Waals surface area contributed by atoms with Gasteiger partial charge in [-0.3, -0.25) is 4.79 Å². The molecular weight excluding hydrogens is 364 g/mol. The molecule has 0 N–H and O–H groups in total. The lowest BCUT2D eigenvalue weighted by atomic mass is 10.1. The number of aryl methyl sites for hydroxylation is 1. The number of para-hydroxylation sites is 3. The minimum Gasteiger partial charge on any atom is -0.495 e. The molecule has 0 spiro atoms. The maximum atomic E-state index is 13.0. The Labute approximate surface area is 163 Å². The predicted octanol–water partition coefficient (Wildman–Crippen LogP) is 4.37. The molecule has 2 heterocycles. The lowest BCUT2D eigenvalue weighted by Gasteiger charge is -2.36. The molecule has 3 aromatic rings. The molecule has 27 heavy (non-hydrogen) atoms. The van der Waals surface area contributed by atoms with Gasteiger partial charge in [0.15, 0.2) is 11.3 Å². The van der Waals surface area contributed by atoms with Gasteiger partial charge in [-0.1, -0.05) is 35.9 Å². The van der Waals surface area contributed by atoms with Gasteiger partial charge in [-0.15, -0.1) is 0 Å². The Bertz CT molecular complexity index is 990. The molecule has 1 fully saturated rings. The highest BCUT2D eigenvalue weighted by Crippen LogP contribution is 2.32. The van der Waals surface area contributed by atoms with E-state index in [1.165, 1.54) is 0 Å². The first kappa shape index (κ1) is 17.7. The highest BCUT2D eigenvalue weighted by molar-refractivity contribution is 6.35. The Morgan fingerprint density at radius 2 is 1.81 bits per heavy atom. The average molecular weight is 385 g/mol. The second-order valence-electron chi connectivity index (χ2n) is 6.62. The number of piperazine rings is 1. The largest absolute Gasteiger partial charge is 0.495 e. The highest BCUT2D eigenvalue weighted by Gasteiger charge is 2.27. The zero-order valence-electron chi connectivity index (χ0n) is 15.4. The molecule has 0 atom stereocenters. The number of carbonyl (C=O) groups is 1. The minimum atomic E-state index is -0.0838. The van der Waals surface area contributed by atoms with Gasteiger partial charge in [0.1, 0.15) is 5.75 Å². The fraction of sp³-hybridized carbons (Fsp3) is 0.286. The third kappa shape index (κ3) is 3.12. The molecule has 1 aromatic heterocycles. The van der Waals surface area contributed by atoms with Crippen LogP contribution in [0.25, 0.3) is 11.0 Å². The van der Waals surface area contributed by atoms with Gasteiger partial charge < -0.3 is 19.0 Å². The fourth-order valence-corrected chi connectivity index (χ4v) is 3.81. The van der Waals surface area contributed by atoms with E-state index in [-0.39, 0.29) is 5.91 Å². The van der Waals surface area contributed by atoms with Gasteiger partial charge in [0.25, 0.3) is 5.91 Å². The number of fused-ring (bicyclic) bond motifs is 1. The average Bonchev–Trinajstić information content (AvgIpc) is 3.05. The third-order valence-corrected chi connectivity index (χ3v) is 5.40. The summed E-state index contributed by atoms with van der Waals surface area (Å²) in [7, 11) is 1.67. The summed E-state index contributed by atoms with van der Waals surface area (Å²) in [5.41, 5.74) is 2.47. The number of hydrogen-bond donors (Lipinski definition) is 0. The molecule has 140 valence electrons. The lowest BCUT2D eigenvalue weighted by Crippen LogP contribution is -2.48. The maximum absolute atomic E-state index is 13.0. The molecule has 0 bridgehead atoms. The van der Waals surface area contributed by atoms with Crippen LogP contribution in [-0.2, 0) is 0 Å². The Kier molecular flexibility index (Phi) is 4.70. The first-order chi connectivity index (χ1) is 13.1. The first-order valence-corrected chi connectivity index (χ1v) is 9.33. The van der Waals surface area contributed by atoms with Crippen molar-refractivity contribution in [3.05, 3.63) is 58.8 Å². The summed E-state index contributed by atoms with van der Waals surface area (Å²) in [5, 5.41) is 1.41. The molecule has 0 saturated carbocycles. The Morgan fingerprint density at radius 3 is 2.52 bits per heavy atom. The van der Waals surface area contributed by atoms with Gasteiger partial charge >= 0.3 is 0 Å². The van der Waals surface area contributed by atoms with Gasteiger partial charge in [-0.2, -0.15) is 0 Å². The SMILES string of the molecule is COc1ccccc1N1CCN(C(=O)c2oc3c(Cl)cccc3c2C)CC1. The van der Waals surface area contributed by atoms with Gasteiger partial charge in [0, 0.05) is 37.1 Å². The minimum absolute atomic E-state index is 0.0838. The molecule has 1 saturated heterocycles. The van der Waals surface area contributed by atoms with Crippen molar-refractivity contribution in [3.8, 4) is 5.75 Å². The van der Waals surface area contributed by atoms with E-state index in [1.54, 1.807) is 13.2 Å². The lowest BCUT2D eigenvalue weighted by molar-refractivity contribution is 0.0716. The Balaban J connectivity index is 1.52. The van der Waals surface area contributed by atoms with Crippen LogP contribution in [-0.4, -0.2) is 44.1 Å². The van der Waals surface area contributed by atoms with Crippen molar-refractivity contribution in [2.45, 2.75) is 6.92 Å². The number of carbonyl (C=O) groups excluding carboxylic acids is 1. The monoisotopic (exact) mass is 384 g/mol. The standard InChI is InChI=1S/C21H21ClN2O3/c1-14-15-6-5-7-16(22)20(15)27-19(14)21(25)24-12-10-23(11-13-24)17-8-3-4-9-18(17)26-2/h3-9H,10-13H2,1-2H3. The van der Waals surface area contributed by atoms with Crippen LogP contribution < -0.4 is 9.64 Å². The molecule has 0 unspecified atom stereocenters. The van der Waals surface area contributed by atoms with E-state index in [4.69, 9.17) is 20.8 Å². The van der Waals surface area contributed by atoms with Crippen LogP contribution in [0.15, 0.2) is 46.9 Å². The number of nitrogens with zero attached hydrogens (tertiary/aromatic N) is 2. The summed E-state index contributed by atoms with van der Waals surface area (Å²) in [6.45, 7) is 4.64. The van der Waals surface area contributed by atoms with E-state index >= 15 is 0 Å². The molecule has 2 aromatic carbocycles. The molecule has 1 aliphatic rings. The number of ether oxygens (including phenoxy) is 1. The van der Waals surface area contributed by atoms with E-state index in [2.05, 4.69) is 4.90 Å². The van der Waals surface area contributed by atoms with Gasteiger partial charge in [-0.05, 0) is 25.1 Å². The van der Waals surface area contributed by atoms with Crippen molar-refractivity contribution < 1.29 is 13.9 Å². The van der Waals surface area contributed by atoms with Crippen LogP contribution in [0.3, 0.4) is 0 Å². The maximum Gasteiger partial charge on any atom is 0.290 e. The number of amides is 1. The van der Waals surface area contributed by atoms with E-state index in [0.717, 1.165) is 35.5 Å². The van der Waals surface area contributed by atoms with Crippen LogP contribution in [0, 0.1) is 6.92 Å². The molecule has 1 aliphatic heterocycles. The zero-order chi connectivity index (χ0) is 19.0. The number of furan rings is 1. The summed E-state index contributed by atoms with van der Waals surface area (Å²) >= 11 is 6.21. The van der Waals surface area contributed by atoms with Crippen molar-refractivity contribution >= 4 is 34.2 Å². The van der Waals surface area contributed by atoms with E-state index in [9.17, 15) is 4.79 Å². The fourth-order valence-electron chi connectivity index (χ4n) is 3.60. The summed E-state index contributed by atoms with van der Waals surface area (Å²) in [6, 6.07) is 13.5. The molecule has 5 nitrogen and oxygen atoms in total. The summed E-state index contributed by atoms with van der Waals surface area (Å²) < 4.78 is 11.3. The molecule has 6 heteroatoms. The van der Waals surface area contributed by atoms with Crippen molar-refractivity contribution in [2.24, 2.45) is 0 Å². The van der Waals surface area contributed by atoms with Crippen LogP contribution >= 0.6 is 11.6 Å². The molecule has 1 amide bonds. The highest BCUT2D eigenvalue weighted by atomic mass is 35.5. The third-order valence-electron chi connectivity index (χ3n) is 5.10. The van der Waals surface area contributed by atoms with E-state index < -0.39 is 0 Å². The smallest absolute Gasteiger partial charge is 0.290 e. The predicted molar refractivity (Wildman–Crippen MR) is 107 cm³/mol. The normalized spacial score (nSPS) is 14.6. The number of benzene rings is 2. The quantitative estimate of drug-likeness (QED) is 0.672. The molecular formula is C21H21ClN2O3. The summed E-state index contributed by atoms with van der Waals surface area (Å²) in [4.78, 5) is 17.1. The Morgan fingerprint density at radius 1 is 1.07 bits per heavy atom. The van der Waals surface area contributed by atoms with Crippen LogP contribution in [0.2, 0.25) is 5.02 Å². The van der Waals surface area contributed by atoms with Gasteiger partial charge in [0.05, 0.1) is 17.8 Å². The first-order valence-electron chi connectivity index (χ1n) is 8.95. The molecule has 0 radical (unpaired) electrons. The van der Waals surface area contributed by atoms with Crippen molar-refractivity contribution in [3.63, 3.8) is 0 Å². The Hall–Kier alpha value is -2.66. The summed E-state index contributed by atoms with van der Waals surface area (Å²) in [6.07, 6.45) is 0. The second kappa shape index (κ2) is 7.16. The summed E-state index contributed by atoms with van der Waals surface area (Å²) in [5.74, 6) is 1.14. The van der Waals surface area contributed by atoms with E-state index in [1.807, 2.05) is 48.2 Å². The van der Waals surface area contributed by atoms with Crippen molar-refractivity contribution in [1.82, 2.24) is 4.90 Å². The van der Waals surface area contributed by atoms with Crippen molar-refractivity contribution in [1.29, 1.82) is 0 Å². The van der Waals surface area contributed by atoms with Crippen LogP contribution in [0.1, 0.15) is 16.1 Å². The van der Waals surface area contributed by atoms with Crippen molar-refractivity contribution in [2.75, 3.05) is 38.2 Å². The van der Waals surface area contributed by atoms with E-state index in [0.29, 0.717) is 29.5 Å². The number of halogens is 1. The molecule has 0 aliphatic carbocycles. The number of anilines is 1. The van der Waals surface area contributed by atoms with Crippen LogP contribution in [0.4, 0.5) is 5.69 Å². The van der Waals surface area contributed by atoms with Gasteiger partial charge in [0.2, 0.25) is 0 Å². The van der Waals surface area contributed by atoms with Crippen LogP contribution in [0.5, 0.6) is 5.75 Å². The number of methoxy groups -OCH3 is 1.